The van der Waals surface area contributed by atoms with Crippen molar-refractivity contribution in [2.24, 2.45) is 0 Å². The van der Waals surface area contributed by atoms with E-state index in [4.69, 9.17) is 27.9 Å². The van der Waals surface area contributed by atoms with Gasteiger partial charge in [0.15, 0.2) is 0 Å². The van der Waals surface area contributed by atoms with E-state index in [1.807, 2.05) is 29.6 Å². The van der Waals surface area contributed by atoms with Gasteiger partial charge in [0.05, 0.1) is 22.8 Å². The van der Waals surface area contributed by atoms with Crippen LogP contribution in [0.2, 0.25) is 10.0 Å². The van der Waals surface area contributed by atoms with Crippen molar-refractivity contribution in [3.8, 4) is 0 Å². The van der Waals surface area contributed by atoms with Crippen molar-refractivity contribution in [3.63, 3.8) is 0 Å². The van der Waals surface area contributed by atoms with E-state index in [0.29, 0.717) is 29.6 Å². The largest absolute Gasteiger partial charge is 0.374 e. The summed E-state index contributed by atoms with van der Waals surface area (Å²) in [6.07, 6.45) is 1.32. The van der Waals surface area contributed by atoms with Gasteiger partial charge in [0, 0.05) is 37.5 Å². The van der Waals surface area contributed by atoms with Crippen LogP contribution in [-0.2, 0) is 22.5 Å². The molecule has 1 aliphatic heterocycles. The highest BCUT2D eigenvalue weighted by Crippen LogP contribution is 2.23. The maximum Gasteiger partial charge on any atom is 0.220 e. The Hall–Kier alpha value is -1.11. The number of rotatable bonds is 7. The lowest BCUT2D eigenvalue weighted by Crippen LogP contribution is -2.47. The van der Waals surface area contributed by atoms with Crippen LogP contribution in [0.1, 0.15) is 16.9 Å². The molecule has 1 aromatic heterocycles. The first kappa shape index (κ1) is 19.6. The first-order valence-corrected chi connectivity index (χ1v) is 10.3. The van der Waals surface area contributed by atoms with Gasteiger partial charge in [-0.3, -0.25) is 9.69 Å². The highest BCUT2D eigenvalue weighted by Gasteiger charge is 2.21. The molecule has 1 aromatic carbocycles. The number of ether oxygens (including phenoxy) is 1. The van der Waals surface area contributed by atoms with Crippen LogP contribution >= 0.6 is 34.5 Å². The van der Waals surface area contributed by atoms with Gasteiger partial charge in [0.25, 0.3) is 0 Å². The molecule has 1 aliphatic rings. The Kier molecular flexibility index (Phi) is 7.34. The highest BCUT2D eigenvalue weighted by atomic mass is 35.5. The molecule has 0 saturated carbocycles. The Morgan fingerprint density at radius 1 is 1.31 bits per heavy atom. The lowest BCUT2D eigenvalue weighted by molar-refractivity contribution is -0.122. The normalized spacial score (nSPS) is 18.0. The summed E-state index contributed by atoms with van der Waals surface area (Å²) in [6.45, 7) is 3.65. The number of hydrogen-bond donors (Lipinski definition) is 1. The molecule has 0 aliphatic carbocycles. The topological polar surface area (TPSA) is 41.6 Å². The van der Waals surface area contributed by atoms with Gasteiger partial charge in [0.1, 0.15) is 0 Å². The number of hydrogen-bond acceptors (Lipinski definition) is 4. The average Bonchev–Trinajstić information content (AvgIpc) is 3.15. The molecule has 0 radical (unpaired) electrons. The Labute approximate surface area is 168 Å². The van der Waals surface area contributed by atoms with E-state index < -0.39 is 0 Å². The summed E-state index contributed by atoms with van der Waals surface area (Å²) in [5.41, 5.74) is 1.13. The summed E-state index contributed by atoms with van der Waals surface area (Å²) in [4.78, 5) is 15.6. The van der Waals surface area contributed by atoms with E-state index in [1.54, 1.807) is 11.3 Å². The van der Waals surface area contributed by atoms with E-state index in [0.717, 1.165) is 31.6 Å². The highest BCUT2D eigenvalue weighted by molar-refractivity contribution is 7.09. The minimum atomic E-state index is 0.0113. The molecule has 2 heterocycles. The number of nitrogens with zero attached hydrogens (tertiary/aromatic N) is 1. The van der Waals surface area contributed by atoms with Crippen molar-refractivity contribution in [2.75, 3.05) is 26.2 Å². The van der Waals surface area contributed by atoms with Crippen molar-refractivity contribution in [1.29, 1.82) is 0 Å². The van der Waals surface area contributed by atoms with Gasteiger partial charge < -0.3 is 10.1 Å². The molecule has 1 N–H and O–H groups in total. The molecule has 0 spiro atoms. The quantitative estimate of drug-likeness (QED) is 0.746. The number of aryl methyl sites for hydroxylation is 1. The van der Waals surface area contributed by atoms with Crippen LogP contribution < -0.4 is 5.32 Å². The second-order valence-electron chi connectivity index (χ2n) is 6.36. The molecule has 4 nitrogen and oxygen atoms in total. The van der Waals surface area contributed by atoms with E-state index in [9.17, 15) is 4.79 Å². The van der Waals surface area contributed by atoms with E-state index in [2.05, 4.69) is 16.3 Å². The van der Waals surface area contributed by atoms with Gasteiger partial charge in [-0.15, -0.1) is 11.3 Å². The standard InChI is InChI=1S/C19H22Cl2N2O2S/c20-17-5-3-14(10-18(17)21)12-23-7-8-25-15(13-23)11-22-19(24)6-4-16-2-1-9-26-16/h1-3,5,9-10,15H,4,6-8,11-13H2,(H,22,24)/t15-/m0/s1. The minimum Gasteiger partial charge on any atom is -0.374 e. The van der Waals surface area contributed by atoms with Crippen molar-refractivity contribution >= 4 is 40.4 Å². The molecule has 1 amide bonds. The zero-order valence-corrected chi connectivity index (χ0v) is 16.7. The summed E-state index contributed by atoms with van der Waals surface area (Å²) in [6, 6.07) is 9.79. The van der Waals surface area contributed by atoms with Gasteiger partial charge >= 0.3 is 0 Å². The molecule has 7 heteroatoms. The molecular weight excluding hydrogens is 391 g/mol. The van der Waals surface area contributed by atoms with Crippen LogP contribution in [0.3, 0.4) is 0 Å². The molecule has 1 atom stereocenters. The predicted molar refractivity (Wildman–Crippen MR) is 107 cm³/mol. The third-order valence-corrected chi connectivity index (χ3v) is 5.99. The summed E-state index contributed by atoms with van der Waals surface area (Å²) in [7, 11) is 0. The van der Waals surface area contributed by atoms with Crippen molar-refractivity contribution in [1.82, 2.24) is 10.2 Å². The maximum absolute atomic E-state index is 12.0. The van der Waals surface area contributed by atoms with Gasteiger partial charge in [-0.1, -0.05) is 35.3 Å². The summed E-state index contributed by atoms with van der Waals surface area (Å²) >= 11 is 13.7. The van der Waals surface area contributed by atoms with Gasteiger partial charge in [0.2, 0.25) is 5.91 Å². The van der Waals surface area contributed by atoms with Crippen molar-refractivity contribution < 1.29 is 9.53 Å². The van der Waals surface area contributed by atoms with Crippen LogP contribution in [0, 0.1) is 0 Å². The third-order valence-electron chi connectivity index (χ3n) is 4.32. The summed E-state index contributed by atoms with van der Waals surface area (Å²) < 4.78 is 5.79. The first-order chi connectivity index (χ1) is 12.6. The number of thiophene rings is 1. The number of amides is 1. The van der Waals surface area contributed by atoms with E-state index in [-0.39, 0.29) is 12.0 Å². The maximum atomic E-state index is 12.0. The smallest absolute Gasteiger partial charge is 0.220 e. The molecule has 1 saturated heterocycles. The van der Waals surface area contributed by atoms with Crippen LogP contribution in [0.25, 0.3) is 0 Å². The van der Waals surface area contributed by atoms with Crippen LogP contribution in [-0.4, -0.2) is 43.2 Å². The van der Waals surface area contributed by atoms with Crippen molar-refractivity contribution in [2.45, 2.75) is 25.5 Å². The molecule has 2 aromatic rings. The fourth-order valence-corrected chi connectivity index (χ4v) is 3.98. The average molecular weight is 413 g/mol. The molecule has 0 bridgehead atoms. The van der Waals surface area contributed by atoms with Gasteiger partial charge in [-0.25, -0.2) is 0 Å². The van der Waals surface area contributed by atoms with Crippen LogP contribution in [0.15, 0.2) is 35.7 Å². The zero-order chi connectivity index (χ0) is 18.4. The second kappa shape index (κ2) is 9.72. The van der Waals surface area contributed by atoms with Crippen LogP contribution in [0.4, 0.5) is 0 Å². The number of morpholine rings is 1. The molecular formula is C19H22Cl2N2O2S. The van der Waals surface area contributed by atoms with E-state index in [1.165, 1.54) is 4.88 Å². The Balaban J connectivity index is 1.41. The lowest BCUT2D eigenvalue weighted by Gasteiger charge is -2.33. The summed E-state index contributed by atoms with van der Waals surface area (Å²) in [5, 5.41) is 6.17. The molecule has 3 rings (SSSR count). The molecule has 1 fully saturated rings. The minimum absolute atomic E-state index is 0.0113. The fourth-order valence-electron chi connectivity index (χ4n) is 2.95. The SMILES string of the molecule is O=C(CCc1cccs1)NC[C@H]1CN(Cc2ccc(Cl)c(Cl)c2)CCO1. The van der Waals surface area contributed by atoms with Crippen LogP contribution in [0.5, 0.6) is 0 Å². The van der Waals surface area contributed by atoms with Gasteiger partial charge in [-0.05, 0) is 35.6 Å². The second-order valence-corrected chi connectivity index (χ2v) is 8.21. The fraction of sp³-hybridized carbons (Fsp3) is 0.421. The Morgan fingerprint density at radius 2 is 2.19 bits per heavy atom. The molecule has 0 unspecified atom stereocenters. The first-order valence-electron chi connectivity index (χ1n) is 8.67. The third kappa shape index (κ3) is 5.96. The Morgan fingerprint density at radius 3 is 2.96 bits per heavy atom. The van der Waals surface area contributed by atoms with Gasteiger partial charge in [-0.2, -0.15) is 0 Å². The number of nitrogens with one attached hydrogen (secondary N) is 1. The monoisotopic (exact) mass is 412 g/mol. The zero-order valence-electron chi connectivity index (χ0n) is 14.4. The molecule has 26 heavy (non-hydrogen) atoms. The van der Waals surface area contributed by atoms with Crippen molar-refractivity contribution in [3.05, 3.63) is 56.2 Å². The number of benzene rings is 1. The predicted octanol–water partition coefficient (Wildman–Crippen LogP) is 4.00. The summed E-state index contributed by atoms with van der Waals surface area (Å²) in [5.74, 6) is 0.0728. The number of halogens is 2. The number of carbonyl (C=O) groups excluding carboxylic acids is 1. The number of carbonyl (C=O) groups is 1. The van der Waals surface area contributed by atoms with E-state index >= 15 is 0 Å². The molecule has 140 valence electrons. The lowest BCUT2D eigenvalue weighted by atomic mass is 10.2. The Bertz CT molecular complexity index is 724.